The predicted octanol–water partition coefficient (Wildman–Crippen LogP) is 2.85. The molecule has 2 amide bonds. The highest BCUT2D eigenvalue weighted by atomic mass is 32.1. The lowest BCUT2D eigenvalue weighted by Gasteiger charge is -2.39. The molecule has 2 saturated heterocycles. The van der Waals surface area contributed by atoms with Crippen molar-refractivity contribution in [3.8, 4) is 0 Å². The molecule has 2 fully saturated rings. The van der Waals surface area contributed by atoms with Crippen molar-refractivity contribution in [2.24, 2.45) is 5.92 Å². The molecule has 2 aliphatic heterocycles. The Balaban J connectivity index is 1.29. The minimum atomic E-state index is -0.378. The topological polar surface area (TPSA) is 87.0 Å². The molecule has 1 unspecified atom stereocenters. The second-order valence-corrected chi connectivity index (χ2v) is 9.04. The molecule has 3 heterocycles. The molecule has 4 rings (SSSR count). The first-order valence-corrected chi connectivity index (χ1v) is 11.5. The fourth-order valence-electron chi connectivity index (χ4n) is 4.33. The van der Waals surface area contributed by atoms with Crippen LogP contribution in [-0.2, 0) is 11.3 Å². The standard InChI is InChI=1S/C22H26N4O4S/c27-21(18-5-2-8-25(16-18)22(28)20-7-3-13-31-20)24-11-9-23(10-12-24)15-17-4-1-6-19(14-17)26(29)30/h1,3-4,6-7,13-14,18H,2,5,8-12,15-16H2. The monoisotopic (exact) mass is 442 g/mol. The number of non-ortho nitro benzene ring substituents is 1. The highest BCUT2D eigenvalue weighted by Gasteiger charge is 2.33. The van der Waals surface area contributed by atoms with Gasteiger partial charge in [0.2, 0.25) is 5.91 Å². The number of carbonyl (C=O) groups excluding carboxylic acids is 2. The van der Waals surface area contributed by atoms with Gasteiger partial charge in [0.25, 0.3) is 11.6 Å². The Hall–Kier alpha value is -2.78. The van der Waals surface area contributed by atoms with E-state index in [1.165, 1.54) is 17.4 Å². The SMILES string of the molecule is O=C(c1cccs1)N1CCCC(C(=O)N2CCN(Cc3cccc([N+](=O)[O-])c3)CC2)C1. The fourth-order valence-corrected chi connectivity index (χ4v) is 5.02. The predicted molar refractivity (Wildman–Crippen MR) is 118 cm³/mol. The molecule has 0 bridgehead atoms. The van der Waals surface area contributed by atoms with Crippen molar-refractivity contribution in [2.75, 3.05) is 39.3 Å². The van der Waals surface area contributed by atoms with Crippen molar-refractivity contribution in [1.29, 1.82) is 0 Å². The van der Waals surface area contributed by atoms with Gasteiger partial charge >= 0.3 is 0 Å². The van der Waals surface area contributed by atoms with Crippen LogP contribution in [0.2, 0.25) is 0 Å². The minimum absolute atomic E-state index is 0.0225. The lowest BCUT2D eigenvalue weighted by Crippen LogP contribution is -2.52. The smallest absolute Gasteiger partial charge is 0.269 e. The van der Waals surface area contributed by atoms with E-state index in [9.17, 15) is 19.7 Å². The number of benzene rings is 1. The van der Waals surface area contributed by atoms with Gasteiger partial charge in [-0.05, 0) is 29.9 Å². The molecule has 31 heavy (non-hydrogen) atoms. The number of carbonyl (C=O) groups is 2. The first kappa shape index (κ1) is 21.5. The molecule has 8 nitrogen and oxygen atoms in total. The molecule has 164 valence electrons. The Labute approximate surface area is 185 Å². The van der Waals surface area contributed by atoms with Gasteiger partial charge in [0.05, 0.1) is 15.7 Å². The molecule has 1 aromatic carbocycles. The van der Waals surface area contributed by atoms with Gasteiger partial charge in [-0.15, -0.1) is 11.3 Å². The van der Waals surface area contributed by atoms with Crippen LogP contribution in [0, 0.1) is 16.0 Å². The van der Waals surface area contributed by atoms with Crippen LogP contribution in [0.1, 0.15) is 28.1 Å². The van der Waals surface area contributed by atoms with Gasteiger partial charge in [-0.3, -0.25) is 24.6 Å². The average molecular weight is 443 g/mol. The van der Waals surface area contributed by atoms with Crippen molar-refractivity contribution in [3.05, 3.63) is 62.3 Å². The Morgan fingerprint density at radius 3 is 2.58 bits per heavy atom. The van der Waals surface area contributed by atoms with E-state index >= 15 is 0 Å². The number of amides is 2. The summed E-state index contributed by atoms with van der Waals surface area (Å²) in [6.45, 7) is 4.58. The van der Waals surface area contributed by atoms with Gasteiger partial charge in [0.15, 0.2) is 0 Å². The van der Waals surface area contributed by atoms with Crippen molar-refractivity contribution < 1.29 is 14.5 Å². The molecule has 0 radical (unpaired) electrons. The van der Waals surface area contributed by atoms with Crippen molar-refractivity contribution in [1.82, 2.24) is 14.7 Å². The molecule has 0 N–H and O–H groups in total. The third-order valence-corrected chi connectivity index (χ3v) is 6.86. The third kappa shape index (κ3) is 5.11. The second-order valence-electron chi connectivity index (χ2n) is 8.10. The normalized spacial score (nSPS) is 19.9. The van der Waals surface area contributed by atoms with Crippen LogP contribution in [0.3, 0.4) is 0 Å². The van der Waals surface area contributed by atoms with Crippen molar-refractivity contribution in [3.63, 3.8) is 0 Å². The molecule has 1 aromatic heterocycles. The van der Waals surface area contributed by atoms with Gasteiger partial charge < -0.3 is 9.80 Å². The highest BCUT2D eigenvalue weighted by molar-refractivity contribution is 7.12. The van der Waals surface area contributed by atoms with Gasteiger partial charge in [-0.1, -0.05) is 18.2 Å². The molecular weight excluding hydrogens is 416 g/mol. The van der Waals surface area contributed by atoms with Crippen LogP contribution in [0.4, 0.5) is 5.69 Å². The van der Waals surface area contributed by atoms with E-state index in [0.717, 1.165) is 36.4 Å². The lowest BCUT2D eigenvalue weighted by atomic mass is 9.96. The number of likely N-dealkylation sites (tertiary alicyclic amines) is 1. The van der Waals surface area contributed by atoms with E-state index in [1.807, 2.05) is 33.4 Å². The van der Waals surface area contributed by atoms with Crippen LogP contribution in [0.25, 0.3) is 0 Å². The molecule has 0 saturated carbocycles. The van der Waals surface area contributed by atoms with E-state index in [1.54, 1.807) is 12.1 Å². The highest BCUT2D eigenvalue weighted by Crippen LogP contribution is 2.23. The number of nitrogens with zero attached hydrogens (tertiary/aromatic N) is 4. The largest absolute Gasteiger partial charge is 0.340 e. The van der Waals surface area contributed by atoms with Crippen LogP contribution in [-0.4, -0.2) is 70.7 Å². The Morgan fingerprint density at radius 2 is 1.87 bits per heavy atom. The third-order valence-electron chi connectivity index (χ3n) is 6.00. The maximum Gasteiger partial charge on any atom is 0.269 e. The van der Waals surface area contributed by atoms with Crippen molar-refractivity contribution >= 4 is 28.8 Å². The first-order chi connectivity index (χ1) is 15.0. The quantitative estimate of drug-likeness (QED) is 0.525. The first-order valence-electron chi connectivity index (χ1n) is 10.6. The van der Waals surface area contributed by atoms with Gasteiger partial charge in [0, 0.05) is 57.9 Å². The van der Waals surface area contributed by atoms with Crippen molar-refractivity contribution in [2.45, 2.75) is 19.4 Å². The molecule has 0 aliphatic carbocycles. The number of rotatable bonds is 5. The van der Waals surface area contributed by atoms with Crippen LogP contribution in [0.5, 0.6) is 0 Å². The minimum Gasteiger partial charge on any atom is -0.340 e. The molecule has 2 aromatic rings. The van der Waals surface area contributed by atoms with Crippen LogP contribution >= 0.6 is 11.3 Å². The zero-order chi connectivity index (χ0) is 21.8. The molecule has 2 aliphatic rings. The van der Waals surface area contributed by atoms with E-state index in [4.69, 9.17) is 0 Å². The molecule has 0 spiro atoms. The zero-order valence-electron chi connectivity index (χ0n) is 17.3. The fraction of sp³-hybridized carbons (Fsp3) is 0.455. The Morgan fingerprint density at radius 1 is 1.06 bits per heavy atom. The van der Waals surface area contributed by atoms with E-state index in [0.29, 0.717) is 32.7 Å². The van der Waals surface area contributed by atoms with Gasteiger partial charge in [-0.25, -0.2) is 0 Å². The summed E-state index contributed by atoms with van der Waals surface area (Å²) >= 11 is 1.44. The number of nitro benzene ring substituents is 1. The summed E-state index contributed by atoms with van der Waals surface area (Å²) in [4.78, 5) is 43.0. The number of thiophene rings is 1. The average Bonchev–Trinajstić information content (AvgIpc) is 3.34. The maximum atomic E-state index is 13.1. The lowest BCUT2D eigenvalue weighted by molar-refractivity contribution is -0.384. The van der Waals surface area contributed by atoms with Crippen LogP contribution < -0.4 is 0 Å². The summed E-state index contributed by atoms with van der Waals surface area (Å²) in [6, 6.07) is 10.4. The second kappa shape index (κ2) is 9.57. The molecule has 1 atom stereocenters. The number of nitro groups is 1. The maximum absolute atomic E-state index is 13.1. The van der Waals surface area contributed by atoms with E-state index < -0.39 is 0 Å². The number of piperazine rings is 1. The Kier molecular flexibility index (Phi) is 6.62. The van der Waals surface area contributed by atoms with E-state index in [2.05, 4.69) is 4.90 Å². The van der Waals surface area contributed by atoms with Gasteiger partial charge in [0.1, 0.15) is 0 Å². The summed E-state index contributed by atoms with van der Waals surface area (Å²) < 4.78 is 0. The zero-order valence-corrected chi connectivity index (χ0v) is 18.1. The number of piperidine rings is 1. The summed E-state index contributed by atoms with van der Waals surface area (Å²) in [5.74, 6) is 0.0222. The summed E-state index contributed by atoms with van der Waals surface area (Å²) in [5.41, 5.74) is 1.01. The number of hydrogen-bond donors (Lipinski definition) is 0. The Bertz CT molecular complexity index is 941. The number of hydrogen-bond acceptors (Lipinski definition) is 6. The summed E-state index contributed by atoms with van der Waals surface area (Å²) in [7, 11) is 0. The van der Waals surface area contributed by atoms with Gasteiger partial charge in [-0.2, -0.15) is 0 Å². The van der Waals surface area contributed by atoms with Crippen LogP contribution in [0.15, 0.2) is 41.8 Å². The van der Waals surface area contributed by atoms with E-state index in [-0.39, 0.29) is 28.3 Å². The molecular formula is C22H26N4O4S. The summed E-state index contributed by atoms with van der Waals surface area (Å²) in [6.07, 6.45) is 1.67. The summed E-state index contributed by atoms with van der Waals surface area (Å²) in [5, 5.41) is 12.9. The molecule has 9 heteroatoms.